The van der Waals surface area contributed by atoms with Gasteiger partial charge in [0.15, 0.2) is 0 Å². The molecule has 1 aliphatic heterocycles. The summed E-state index contributed by atoms with van der Waals surface area (Å²) in [5.74, 6) is 0.314. The normalized spacial score (nSPS) is 32.3. The summed E-state index contributed by atoms with van der Waals surface area (Å²) in [4.78, 5) is 0. The Morgan fingerprint density at radius 1 is 1.19 bits per heavy atom. The molecule has 0 bridgehead atoms. The molecule has 1 saturated heterocycles. The number of hydrogen-bond donors (Lipinski definition) is 2. The third kappa shape index (κ3) is 2.94. The summed E-state index contributed by atoms with van der Waals surface area (Å²) in [6, 6.07) is 0. The van der Waals surface area contributed by atoms with Crippen molar-refractivity contribution in [2.45, 2.75) is 38.2 Å². The Morgan fingerprint density at radius 2 is 1.81 bits per heavy atom. The highest BCUT2D eigenvalue weighted by molar-refractivity contribution is 7.87. The second-order valence-corrected chi connectivity index (χ2v) is 6.56. The Bertz CT molecular complexity index is 319. The van der Waals surface area contributed by atoms with E-state index in [-0.39, 0.29) is 6.10 Å². The van der Waals surface area contributed by atoms with Crippen LogP contribution in [-0.2, 0) is 10.2 Å². The quantitative estimate of drug-likeness (QED) is 0.740. The van der Waals surface area contributed by atoms with Crippen LogP contribution in [0.5, 0.6) is 0 Å². The second kappa shape index (κ2) is 5.00. The van der Waals surface area contributed by atoms with E-state index in [1.54, 1.807) is 0 Å². The van der Waals surface area contributed by atoms with E-state index in [1.807, 2.05) is 0 Å². The van der Waals surface area contributed by atoms with Crippen LogP contribution in [0.15, 0.2) is 0 Å². The predicted octanol–water partition coefficient (Wildman–Crippen LogP) is 0.0776. The Balaban J connectivity index is 1.78. The lowest BCUT2D eigenvalue weighted by Crippen LogP contribution is -2.46. The minimum Gasteiger partial charge on any atom is -0.393 e. The topological polar surface area (TPSA) is 69.6 Å². The van der Waals surface area contributed by atoms with E-state index in [0.29, 0.717) is 25.6 Å². The maximum Gasteiger partial charge on any atom is 0.279 e. The van der Waals surface area contributed by atoms with Crippen LogP contribution in [0.1, 0.15) is 32.1 Å². The van der Waals surface area contributed by atoms with Gasteiger partial charge in [0.2, 0.25) is 0 Å². The van der Waals surface area contributed by atoms with Gasteiger partial charge in [0.1, 0.15) is 0 Å². The van der Waals surface area contributed by atoms with Gasteiger partial charge in [-0.3, -0.25) is 0 Å². The molecule has 2 N–H and O–H groups in total. The number of hydrogen-bond acceptors (Lipinski definition) is 3. The zero-order valence-corrected chi connectivity index (χ0v) is 10.2. The monoisotopic (exact) mass is 248 g/mol. The molecule has 5 nitrogen and oxygen atoms in total. The van der Waals surface area contributed by atoms with Gasteiger partial charge in [0, 0.05) is 19.6 Å². The molecule has 0 aromatic rings. The minimum atomic E-state index is -3.27. The Kier molecular flexibility index (Phi) is 3.84. The highest BCUT2D eigenvalue weighted by atomic mass is 32.2. The van der Waals surface area contributed by atoms with Gasteiger partial charge in [-0.05, 0) is 31.6 Å². The average molecular weight is 248 g/mol. The molecule has 0 aromatic heterocycles. The first-order valence-corrected chi connectivity index (χ1v) is 7.45. The summed E-state index contributed by atoms with van der Waals surface area (Å²) in [6.07, 6.45) is 4.28. The molecule has 1 heterocycles. The van der Waals surface area contributed by atoms with Gasteiger partial charge >= 0.3 is 0 Å². The molecule has 0 aromatic carbocycles. The number of aliphatic hydroxyl groups is 1. The average Bonchev–Trinajstić information content (AvgIpc) is 2.24. The molecule has 0 atom stereocenters. The van der Waals surface area contributed by atoms with Gasteiger partial charge < -0.3 is 5.11 Å². The first-order chi connectivity index (χ1) is 7.58. The zero-order chi connectivity index (χ0) is 11.6. The zero-order valence-electron chi connectivity index (χ0n) is 9.43. The Hall–Kier alpha value is -0.170. The van der Waals surface area contributed by atoms with Crippen LogP contribution >= 0.6 is 0 Å². The van der Waals surface area contributed by atoms with E-state index < -0.39 is 10.2 Å². The minimum absolute atomic E-state index is 0.218. The third-order valence-corrected chi connectivity index (χ3v) is 5.00. The van der Waals surface area contributed by atoms with Crippen LogP contribution in [0.25, 0.3) is 0 Å². The van der Waals surface area contributed by atoms with Crippen molar-refractivity contribution in [2.75, 3.05) is 19.6 Å². The van der Waals surface area contributed by atoms with Crippen LogP contribution < -0.4 is 4.72 Å². The molecule has 2 aliphatic rings. The largest absolute Gasteiger partial charge is 0.393 e. The summed E-state index contributed by atoms with van der Waals surface area (Å²) in [5.41, 5.74) is 0. The number of piperidine rings is 1. The smallest absolute Gasteiger partial charge is 0.279 e. The molecular weight excluding hydrogens is 228 g/mol. The molecule has 0 amide bonds. The van der Waals surface area contributed by atoms with Crippen molar-refractivity contribution < 1.29 is 13.5 Å². The summed E-state index contributed by atoms with van der Waals surface area (Å²) in [7, 11) is -3.27. The highest BCUT2D eigenvalue weighted by Gasteiger charge is 2.30. The Labute approximate surface area is 97.0 Å². The number of rotatable bonds is 4. The van der Waals surface area contributed by atoms with E-state index in [4.69, 9.17) is 5.11 Å². The van der Waals surface area contributed by atoms with Crippen molar-refractivity contribution >= 4 is 10.2 Å². The van der Waals surface area contributed by atoms with Crippen LogP contribution in [0.3, 0.4) is 0 Å². The van der Waals surface area contributed by atoms with Crippen LogP contribution in [0.2, 0.25) is 0 Å². The van der Waals surface area contributed by atoms with Crippen molar-refractivity contribution in [2.24, 2.45) is 5.92 Å². The Morgan fingerprint density at radius 3 is 2.38 bits per heavy atom. The molecule has 6 heteroatoms. The lowest BCUT2D eigenvalue weighted by Gasteiger charge is -2.32. The van der Waals surface area contributed by atoms with Crippen molar-refractivity contribution in [3.63, 3.8) is 0 Å². The molecule has 1 saturated carbocycles. The van der Waals surface area contributed by atoms with Crippen LogP contribution in [0.4, 0.5) is 0 Å². The van der Waals surface area contributed by atoms with E-state index >= 15 is 0 Å². The SMILES string of the molecule is O=S(=O)(NCC1CC(O)C1)N1CCCCC1. The molecule has 0 radical (unpaired) electrons. The lowest BCUT2D eigenvalue weighted by molar-refractivity contribution is 0.0451. The van der Waals surface area contributed by atoms with E-state index in [1.165, 1.54) is 4.31 Å². The molecule has 2 rings (SSSR count). The highest BCUT2D eigenvalue weighted by Crippen LogP contribution is 2.26. The standard InChI is InChI=1S/C10H20N2O3S/c13-10-6-9(7-10)8-11-16(14,15)12-4-2-1-3-5-12/h9-11,13H,1-8H2. The van der Waals surface area contributed by atoms with Crippen molar-refractivity contribution in [1.82, 2.24) is 9.03 Å². The maximum absolute atomic E-state index is 11.9. The maximum atomic E-state index is 11.9. The fourth-order valence-corrected chi connectivity index (χ4v) is 3.65. The molecular formula is C10H20N2O3S. The number of aliphatic hydroxyl groups excluding tert-OH is 1. The molecule has 1 aliphatic carbocycles. The van der Waals surface area contributed by atoms with Gasteiger partial charge in [-0.15, -0.1) is 0 Å². The summed E-state index contributed by atoms with van der Waals surface area (Å²) in [5, 5.41) is 9.11. The van der Waals surface area contributed by atoms with Gasteiger partial charge in [-0.25, -0.2) is 4.72 Å². The summed E-state index contributed by atoms with van der Waals surface area (Å²) in [6.45, 7) is 1.75. The molecule has 16 heavy (non-hydrogen) atoms. The van der Waals surface area contributed by atoms with Crippen molar-refractivity contribution in [3.8, 4) is 0 Å². The van der Waals surface area contributed by atoms with Crippen LogP contribution in [0, 0.1) is 5.92 Å². The predicted molar refractivity (Wildman–Crippen MR) is 61.1 cm³/mol. The fraction of sp³-hybridized carbons (Fsp3) is 1.00. The van der Waals surface area contributed by atoms with Gasteiger partial charge in [0.25, 0.3) is 10.2 Å². The molecule has 0 unspecified atom stereocenters. The van der Waals surface area contributed by atoms with Crippen molar-refractivity contribution in [1.29, 1.82) is 0 Å². The third-order valence-electron chi connectivity index (χ3n) is 3.42. The second-order valence-electron chi connectivity index (χ2n) is 4.80. The molecule has 2 fully saturated rings. The molecule has 0 spiro atoms. The van der Waals surface area contributed by atoms with Crippen molar-refractivity contribution in [3.05, 3.63) is 0 Å². The van der Waals surface area contributed by atoms with Gasteiger partial charge in [-0.1, -0.05) is 6.42 Å². The van der Waals surface area contributed by atoms with E-state index in [0.717, 1.165) is 32.1 Å². The fourth-order valence-electron chi connectivity index (χ4n) is 2.29. The first-order valence-electron chi connectivity index (χ1n) is 6.01. The summed E-state index contributed by atoms with van der Waals surface area (Å²) < 4.78 is 27.9. The summed E-state index contributed by atoms with van der Waals surface area (Å²) >= 11 is 0. The molecule has 94 valence electrons. The number of nitrogens with one attached hydrogen (secondary N) is 1. The van der Waals surface area contributed by atoms with Crippen LogP contribution in [-0.4, -0.2) is 43.6 Å². The van der Waals surface area contributed by atoms with Gasteiger partial charge in [-0.2, -0.15) is 12.7 Å². The van der Waals surface area contributed by atoms with Gasteiger partial charge in [0.05, 0.1) is 6.10 Å². The number of nitrogens with zero attached hydrogens (tertiary/aromatic N) is 1. The lowest BCUT2D eigenvalue weighted by atomic mass is 9.83. The van der Waals surface area contributed by atoms with E-state index in [9.17, 15) is 8.42 Å². The first kappa shape index (κ1) is 12.3. The van der Waals surface area contributed by atoms with E-state index in [2.05, 4.69) is 4.72 Å².